The highest BCUT2D eigenvalue weighted by atomic mass is 16.3. The number of aryl methyl sites for hydroxylation is 1. The first-order chi connectivity index (χ1) is 11.7. The Labute approximate surface area is 140 Å². The lowest BCUT2D eigenvalue weighted by molar-refractivity contribution is -0.116. The quantitative estimate of drug-likeness (QED) is 0.759. The maximum Gasteiger partial charge on any atom is 0.224 e. The Hall–Kier alpha value is -3.32. The van der Waals surface area contributed by atoms with Crippen LogP contribution >= 0.6 is 0 Å². The van der Waals surface area contributed by atoms with Gasteiger partial charge >= 0.3 is 0 Å². The summed E-state index contributed by atoms with van der Waals surface area (Å²) < 4.78 is 5.78. The Morgan fingerprint density at radius 3 is 2.67 bits per heavy atom. The van der Waals surface area contributed by atoms with E-state index < -0.39 is 0 Å². The predicted molar refractivity (Wildman–Crippen MR) is 92.3 cm³/mol. The number of hydrogen-bond donors (Lipinski definition) is 1. The van der Waals surface area contributed by atoms with E-state index in [0.29, 0.717) is 24.1 Å². The number of amides is 1. The van der Waals surface area contributed by atoms with Gasteiger partial charge < -0.3 is 9.73 Å². The molecular formula is C20H16N2O2. The molecule has 0 atom stereocenters. The van der Waals surface area contributed by atoms with Crippen molar-refractivity contribution >= 4 is 11.6 Å². The van der Waals surface area contributed by atoms with E-state index in [0.717, 1.165) is 17.1 Å². The fourth-order valence-corrected chi connectivity index (χ4v) is 2.40. The number of hydrogen-bond acceptors (Lipinski definition) is 3. The molecule has 0 aliphatic heterocycles. The van der Waals surface area contributed by atoms with Crippen molar-refractivity contribution in [3.63, 3.8) is 0 Å². The lowest BCUT2D eigenvalue weighted by Crippen LogP contribution is -2.12. The molecule has 0 fully saturated rings. The molecule has 1 aromatic heterocycles. The van der Waals surface area contributed by atoms with E-state index >= 15 is 0 Å². The molecule has 3 rings (SSSR count). The zero-order valence-corrected chi connectivity index (χ0v) is 13.0. The molecule has 0 saturated heterocycles. The first-order valence-electron chi connectivity index (χ1n) is 7.69. The smallest absolute Gasteiger partial charge is 0.224 e. The van der Waals surface area contributed by atoms with Crippen molar-refractivity contribution in [2.75, 3.05) is 5.32 Å². The number of nitrogens with zero attached hydrogens (tertiary/aromatic N) is 1. The maximum atomic E-state index is 12.0. The van der Waals surface area contributed by atoms with Gasteiger partial charge in [-0.2, -0.15) is 5.26 Å². The fourth-order valence-electron chi connectivity index (χ4n) is 2.40. The highest BCUT2D eigenvalue weighted by Crippen LogP contribution is 2.22. The van der Waals surface area contributed by atoms with E-state index in [1.54, 1.807) is 24.3 Å². The van der Waals surface area contributed by atoms with Gasteiger partial charge in [0.25, 0.3) is 0 Å². The standard InChI is InChI=1S/C20H16N2O2/c21-14-15-5-4-8-17(13-15)22-20(23)12-10-18-9-11-19(24-18)16-6-2-1-3-7-16/h1-9,11,13H,10,12H2,(H,22,23). The molecule has 0 aliphatic carbocycles. The van der Waals surface area contributed by atoms with Gasteiger partial charge in [0.2, 0.25) is 5.91 Å². The zero-order valence-electron chi connectivity index (χ0n) is 13.0. The molecule has 0 aliphatic rings. The van der Waals surface area contributed by atoms with Gasteiger partial charge in [0.1, 0.15) is 11.5 Å². The molecule has 118 valence electrons. The lowest BCUT2D eigenvalue weighted by atomic mass is 10.2. The number of benzene rings is 2. The summed E-state index contributed by atoms with van der Waals surface area (Å²) in [6.45, 7) is 0. The summed E-state index contributed by atoms with van der Waals surface area (Å²) in [6.07, 6.45) is 0.842. The largest absolute Gasteiger partial charge is 0.461 e. The molecule has 0 saturated carbocycles. The normalized spacial score (nSPS) is 10.1. The van der Waals surface area contributed by atoms with Gasteiger partial charge in [0.05, 0.1) is 11.6 Å². The Balaban J connectivity index is 1.57. The Bertz CT molecular complexity index is 876. The number of anilines is 1. The minimum absolute atomic E-state index is 0.109. The van der Waals surface area contributed by atoms with Crippen LogP contribution in [0.2, 0.25) is 0 Å². The second-order valence-corrected chi connectivity index (χ2v) is 5.37. The zero-order chi connectivity index (χ0) is 16.8. The van der Waals surface area contributed by atoms with Crippen LogP contribution < -0.4 is 5.32 Å². The van der Waals surface area contributed by atoms with Crippen LogP contribution in [0.15, 0.2) is 71.1 Å². The molecule has 4 heteroatoms. The first kappa shape index (κ1) is 15.6. The Kier molecular flexibility index (Phi) is 4.73. The summed E-state index contributed by atoms with van der Waals surface area (Å²) >= 11 is 0. The van der Waals surface area contributed by atoms with E-state index in [-0.39, 0.29) is 5.91 Å². The summed E-state index contributed by atoms with van der Waals surface area (Å²) in [6, 6.07) is 22.6. The molecule has 3 aromatic rings. The second kappa shape index (κ2) is 7.30. The molecule has 1 amide bonds. The van der Waals surface area contributed by atoms with Gasteiger partial charge in [-0.15, -0.1) is 0 Å². The molecule has 0 radical (unpaired) electrons. The average molecular weight is 316 g/mol. The van der Waals surface area contributed by atoms with Gasteiger partial charge in [-0.25, -0.2) is 0 Å². The van der Waals surface area contributed by atoms with Crippen molar-refractivity contribution in [2.45, 2.75) is 12.8 Å². The molecule has 1 N–H and O–H groups in total. The average Bonchev–Trinajstić information content (AvgIpc) is 3.10. The van der Waals surface area contributed by atoms with Gasteiger partial charge in [-0.3, -0.25) is 4.79 Å². The number of nitriles is 1. The molecule has 0 bridgehead atoms. The second-order valence-electron chi connectivity index (χ2n) is 5.37. The minimum atomic E-state index is -0.109. The van der Waals surface area contributed by atoms with Crippen LogP contribution in [-0.2, 0) is 11.2 Å². The SMILES string of the molecule is N#Cc1cccc(NC(=O)CCc2ccc(-c3ccccc3)o2)c1. The molecule has 0 spiro atoms. The highest BCUT2D eigenvalue weighted by Gasteiger charge is 2.08. The van der Waals surface area contributed by atoms with E-state index in [4.69, 9.17) is 9.68 Å². The van der Waals surface area contributed by atoms with Crippen molar-refractivity contribution in [1.29, 1.82) is 5.26 Å². The van der Waals surface area contributed by atoms with E-state index in [1.165, 1.54) is 0 Å². The fraction of sp³-hybridized carbons (Fsp3) is 0.100. The first-order valence-corrected chi connectivity index (χ1v) is 7.69. The van der Waals surface area contributed by atoms with Crippen LogP contribution in [0.1, 0.15) is 17.7 Å². The third kappa shape index (κ3) is 3.90. The number of rotatable bonds is 5. The van der Waals surface area contributed by atoms with Crippen molar-refractivity contribution in [3.05, 3.63) is 78.1 Å². The molecule has 4 nitrogen and oxygen atoms in total. The van der Waals surface area contributed by atoms with Crippen molar-refractivity contribution < 1.29 is 9.21 Å². The lowest BCUT2D eigenvalue weighted by Gasteiger charge is -2.04. The van der Waals surface area contributed by atoms with Crippen LogP contribution in [0, 0.1) is 11.3 Å². The van der Waals surface area contributed by atoms with Crippen LogP contribution in [0.25, 0.3) is 11.3 Å². The monoisotopic (exact) mass is 316 g/mol. The summed E-state index contributed by atoms with van der Waals surface area (Å²) in [5.41, 5.74) is 2.16. The van der Waals surface area contributed by atoms with Gasteiger partial charge in [-0.1, -0.05) is 36.4 Å². The van der Waals surface area contributed by atoms with Crippen LogP contribution in [0.4, 0.5) is 5.69 Å². The third-order valence-corrected chi connectivity index (χ3v) is 3.59. The summed E-state index contributed by atoms with van der Waals surface area (Å²) in [5, 5.41) is 11.7. The Morgan fingerprint density at radius 2 is 1.88 bits per heavy atom. The summed E-state index contributed by atoms with van der Waals surface area (Å²) in [5.74, 6) is 1.46. The van der Waals surface area contributed by atoms with Gasteiger partial charge in [0, 0.05) is 24.1 Å². The van der Waals surface area contributed by atoms with Crippen molar-refractivity contribution in [1.82, 2.24) is 0 Å². The Morgan fingerprint density at radius 1 is 1.04 bits per heavy atom. The van der Waals surface area contributed by atoms with Crippen molar-refractivity contribution in [3.8, 4) is 17.4 Å². The summed E-state index contributed by atoms with van der Waals surface area (Å²) in [4.78, 5) is 12.0. The molecule has 2 aromatic carbocycles. The summed E-state index contributed by atoms with van der Waals surface area (Å²) in [7, 11) is 0. The third-order valence-electron chi connectivity index (χ3n) is 3.59. The number of carbonyl (C=O) groups is 1. The molecular weight excluding hydrogens is 300 g/mol. The van der Waals surface area contributed by atoms with Gasteiger partial charge in [-0.05, 0) is 30.3 Å². The van der Waals surface area contributed by atoms with E-state index in [2.05, 4.69) is 11.4 Å². The van der Waals surface area contributed by atoms with Crippen LogP contribution in [0.5, 0.6) is 0 Å². The van der Waals surface area contributed by atoms with Gasteiger partial charge in [0.15, 0.2) is 0 Å². The molecule has 24 heavy (non-hydrogen) atoms. The van der Waals surface area contributed by atoms with E-state index in [1.807, 2.05) is 42.5 Å². The highest BCUT2D eigenvalue weighted by molar-refractivity contribution is 5.90. The maximum absolute atomic E-state index is 12.0. The molecule has 0 unspecified atom stereocenters. The van der Waals surface area contributed by atoms with Crippen LogP contribution in [-0.4, -0.2) is 5.91 Å². The topological polar surface area (TPSA) is 66.0 Å². The predicted octanol–water partition coefficient (Wildman–Crippen LogP) is 4.39. The number of nitrogens with one attached hydrogen (secondary N) is 1. The minimum Gasteiger partial charge on any atom is -0.461 e. The van der Waals surface area contributed by atoms with Crippen LogP contribution in [0.3, 0.4) is 0 Å². The van der Waals surface area contributed by atoms with E-state index in [9.17, 15) is 4.79 Å². The number of carbonyl (C=O) groups excluding carboxylic acids is 1. The number of furan rings is 1. The molecule has 1 heterocycles. The van der Waals surface area contributed by atoms with Crippen molar-refractivity contribution in [2.24, 2.45) is 0 Å².